The molecule has 0 radical (unpaired) electrons. The van der Waals surface area contributed by atoms with Crippen LogP contribution in [0.3, 0.4) is 0 Å². The molecular weight excluding hydrogens is 386 g/mol. The summed E-state index contributed by atoms with van der Waals surface area (Å²) in [7, 11) is -3.21. The molecule has 142 valence electrons. The van der Waals surface area contributed by atoms with Gasteiger partial charge in [-0.15, -0.1) is 5.10 Å². The van der Waals surface area contributed by atoms with Crippen LogP contribution in [0.25, 0.3) is 11.3 Å². The van der Waals surface area contributed by atoms with Crippen molar-refractivity contribution in [2.75, 3.05) is 26.0 Å². The van der Waals surface area contributed by atoms with Crippen LogP contribution >= 0.6 is 11.5 Å². The van der Waals surface area contributed by atoms with Crippen molar-refractivity contribution in [3.63, 3.8) is 0 Å². The van der Waals surface area contributed by atoms with Crippen LogP contribution in [0.15, 0.2) is 40.7 Å². The van der Waals surface area contributed by atoms with Gasteiger partial charge in [0.15, 0.2) is 9.84 Å². The Labute approximate surface area is 161 Å². The highest BCUT2D eigenvalue weighted by Gasteiger charge is 2.27. The third kappa shape index (κ3) is 4.08. The van der Waals surface area contributed by atoms with Gasteiger partial charge < -0.3 is 9.72 Å². The molecule has 0 bridgehead atoms. The molecule has 1 saturated heterocycles. The smallest absolute Gasteiger partial charge is 0.175 e. The number of nitrogens with one attached hydrogen (secondary N) is 1. The van der Waals surface area contributed by atoms with Gasteiger partial charge in [-0.2, -0.15) is 0 Å². The number of rotatable bonds is 5. The molecule has 0 amide bonds. The standard InChI is InChI=1S/C17H19N5O3S2/c1-27(23,24)14-4-2-12(3-5-14)15-8-18-17(19-15)16-10-25-7-6-22(16)9-13-11-26-21-20-13/h2-5,8,11,16H,6-7,9-10H2,1H3,(H,18,19)/t16-/m0/s1. The lowest BCUT2D eigenvalue weighted by atomic mass is 10.2. The second kappa shape index (κ2) is 7.47. The first-order valence-electron chi connectivity index (χ1n) is 8.44. The maximum absolute atomic E-state index is 11.6. The first-order chi connectivity index (χ1) is 13.0. The molecule has 0 saturated carbocycles. The van der Waals surface area contributed by atoms with Gasteiger partial charge >= 0.3 is 0 Å². The zero-order valence-corrected chi connectivity index (χ0v) is 16.3. The summed E-state index contributed by atoms with van der Waals surface area (Å²) in [5.74, 6) is 0.820. The van der Waals surface area contributed by atoms with Gasteiger partial charge in [0.2, 0.25) is 0 Å². The van der Waals surface area contributed by atoms with Crippen LogP contribution in [0.5, 0.6) is 0 Å². The number of benzene rings is 1. The average molecular weight is 406 g/mol. The largest absolute Gasteiger partial charge is 0.378 e. The van der Waals surface area contributed by atoms with Crippen LogP contribution in [0, 0.1) is 0 Å². The highest BCUT2D eigenvalue weighted by atomic mass is 32.2. The number of morpholine rings is 1. The minimum atomic E-state index is -3.21. The molecule has 0 unspecified atom stereocenters. The lowest BCUT2D eigenvalue weighted by molar-refractivity contribution is -0.0161. The number of ether oxygens (including phenoxy) is 1. The first-order valence-corrected chi connectivity index (χ1v) is 11.2. The van der Waals surface area contributed by atoms with Crippen molar-refractivity contribution in [3.05, 3.63) is 47.4 Å². The molecule has 8 nitrogen and oxygen atoms in total. The molecule has 27 heavy (non-hydrogen) atoms. The van der Waals surface area contributed by atoms with E-state index in [9.17, 15) is 8.42 Å². The fourth-order valence-corrected chi connectivity index (χ4v) is 4.15. The van der Waals surface area contributed by atoms with E-state index >= 15 is 0 Å². The number of aromatic nitrogens is 4. The Balaban J connectivity index is 1.55. The zero-order chi connectivity index (χ0) is 18.9. The fourth-order valence-electron chi connectivity index (χ4n) is 3.07. The van der Waals surface area contributed by atoms with E-state index in [-0.39, 0.29) is 6.04 Å². The Morgan fingerprint density at radius 1 is 1.33 bits per heavy atom. The van der Waals surface area contributed by atoms with E-state index < -0.39 is 9.84 Å². The topological polar surface area (TPSA) is 101 Å². The van der Waals surface area contributed by atoms with E-state index in [4.69, 9.17) is 4.74 Å². The molecule has 3 heterocycles. The number of H-pyrrole nitrogens is 1. The second-order valence-electron chi connectivity index (χ2n) is 6.44. The minimum absolute atomic E-state index is 0.00416. The maximum Gasteiger partial charge on any atom is 0.175 e. The van der Waals surface area contributed by atoms with Crippen molar-refractivity contribution < 1.29 is 13.2 Å². The lowest BCUT2D eigenvalue weighted by Crippen LogP contribution is -2.39. The number of aromatic amines is 1. The van der Waals surface area contributed by atoms with Gasteiger partial charge in [0.25, 0.3) is 0 Å². The number of hydrogen-bond acceptors (Lipinski definition) is 8. The number of hydrogen-bond donors (Lipinski definition) is 1. The van der Waals surface area contributed by atoms with Gasteiger partial charge in [0.05, 0.1) is 41.7 Å². The second-order valence-corrected chi connectivity index (χ2v) is 9.06. The molecule has 1 aliphatic rings. The van der Waals surface area contributed by atoms with E-state index in [2.05, 4.69) is 24.5 Å². The van der Waals surface area contributed by atoms with Crippen LogP contribution in [0.4, 0.5) is 0 Å². The van der Waals surface area contributed by atoms with Crippen LogP contribution in [0.2, 0.25) is 0 Å². The highest BCUT2D eigenvalue weighted by Crippen LogP contribution is 2.27. The molecule has 1 fully saturated rings. The normalized spacial score (nSPS) is 18.6. The van der Waals surface area contributed by atoms with Gasteiger partial charge in [-0.25, -0.2) is 13.4 Å². The van der Waals surface area contributed by atoms with Crippen molar-refractivity contribution >= 4 is 21.4 Å². The van der Waals surface area contributed by atoms with Crippen LogP contribution in [-0.2, 0) is 21.1 Å². The Morgan fingerprint density at radius 3 is 2.85 bits per heavy atom. The molecule has 1 atom stereocenters. The van der Waals surface area contributed by atoms with Gasteiger partial charge in [0.1, 0.15) is 5.82 Å². The quantitative estimate of drug-likeness (QED) is 0.692. The third-order valence-corrected chi connectivity index (χ3v) is 6.20. The van der Waals surface area contributed by atoms with Crippen molar-refractivity contribution in [2.45, 2.75) is 17.5 Å². The Morgan fingerprint density at radius 2 is 2.15 bits per heavy atom. The summed E-state index contributed by atoms with van der Waals surface area (Å²) in [6.07, 6.45) is 2.97. The van der Waals surface area contributed by atoms with Crippen LogP contribution in [-0.4, -0.2) is 58.9 Å². The summed E-state index contributed by atoms with van der Waals surface area (Å²) in [5, 5.41) is 6.07. The van der Waals surface area contributed by atoms with E-state index in [1.807, 2.05) is 5.38 Å². The molecule has 1 N–H and O–H groups in total. The van der Waals surface area contributed by atoms with Crippen molar-refractivity contribution in [1.29, 1.82) is 0 Å². The van der Waals surface area contributed by atoms with Crippen molar-refractivity contribution in [3.8, 4) is 11.3 Å². The molecule has 2 aromatic heterocycles. The van der Waals surface area contributed by atoms with E-state index in [0.717, 1.165) is 29.3 Å². The molecule has 0 aliphatic carbocycles. The number of nitrogens with zero attached hydrogens (tertiary/aromatic N) is 4. The predicted molar refractivity (Wildman–Crippen MR) is 101 cm³/mol. The summed E-state index contributed by atoms with van der Waals surface area (Å²) < 4.78 is 32.8. The SMILES string of the molecule is CS(=O)(=O)c1ccc(-c2cnc([C@@H]3COCCN3Cc3csnn3)[nH]2)cc1. The Hall–Kier alpha value is -2.14. The van der Waals surface area contributed by atoms with E-state index in [1.54, 1.807) is 30.5 Å². The first kappa shape index (κ1) is 18.2. The molecule has 10 heteroatoms. The predicted octanol–water partition coefficient (Wildman–Crippen LogP) is 1.91. The summed E-state index contributed by atoms with van der Waals surface area (Å²) in [6, 6.07) is 6.78. The molecule has 0 spiro atoms. The fraction of sp³-hybridized carbons (Fsp3) is 0.353. The Bertz CT molecular complexity index is 1000. The number of sulfone groups is 1. The van der Waals surface area contributed by atoms with Crippen molar-refractivity contribution in [1.82, 2.24) is 24.5 Å². The molecule has 4 rings (SSSR count). The van der Waals surface area contributed by atoms with Crippen LogP contribution in [0.1, 0.15) is 17.6 Å². The maximum atomic E-state index is 11.6. The molecule has 1 aromatic carbocycles. The number of imidazole rings is 1. The monoisotopic (exact) mass is 405 g/mol. The molecular formula is C17H19N5O3S2. The summed E-state index contributed by atoms with van der Waals surface area (Å²) >= 11 is 1.34. The third-order valence-electron chi connectivity index (χ3n) is 4.51. The summed E-state index contributed by atoms with van der Waals surface area (Å²) in [4.78, 5) is 10.5. The zero-order valence-electron chi connectivity index (χ0n) is 14.7. The van der Waals surface area contributed by atoms with Gasteiger partial charge in [-0.05, 0) is 29.2 Å². The molecule has 3 aromatic rings. The summed E-state index contributed by atoms with van der Waals surface area (Å²) in [5.41, 5.74) is 2.66. The van der Waals surface area contributed by atoms with Gasteiger partial charge in [-0.1, -0.05) is 16.6 Å². The van der Waals surface area contributed by atoms with E-state index in [0.29, 0.717) is 24.7 Å². The summed E-state index contributed by atoms with van der Waals surface area (Å²) in [6.45, 7) is 2.72. The Kier molecular flexibility index (Phi) is 5.04. The van der Waals surface area contributed by atoms with Crippen molar-refractivity contribution in [2.24, 2.45) is 0 Å². The van der Waals surface area contributed by atoms with E-state index in [1.165, 1.54) is 17.8 Å². The lowest BCUT2D eigenvalue weighted by Gasteiger charge is -2.33. The van der Waals surface area contributed by atoms with Gasteiger partial charge in [0, 0.05) is 24.7 Å². The van der Waals surface area contributed by atoms with Gasteiger partial charge in [-0.3, -0.25) is 4.90 Å². The van der Waals surface area contributed by atoms with Crippen LogP contribution < -0.4 is 0 Å². The highest BCUT2D eigenvalue weighted by molar-refractivity contribution is 7.90. The minimum Gasteiger partial charge on any atom is -0.378 e. The average Bonchev–Trinajstić information content (AvgIpc) is 3.34. The molecule has 1 aliphatic heterocycles.